The van der Waals surface area contributed by atoms with Gasteiger partial charge in [-0.2, -0.15) is 0 Å². The predicted octanol–water partition coefficient (Wildman–Crippen LogP) is 3.31. The first-order chi connectivity index (χ1) is 15.4. The zero-order valence-corrected chi connectivity index (χ0v) is 21.0. The SMILES string of the molecule is CN(C(=O)OC(C)(C)C)[C@H](Cc1ccc(Cl)c(Cl)c1)[C@@H](O)CC(=O)N[C@@H]1CCCCNC1=O. The van der Waals surface area contributed by atoms with Crippen molar-refractivity contribution in [1.29, 1.82) is 0 Å². The van der Waals surface area contributed by atoms with Crippen molar-refractivity contribution in [1.82, 2.24) is 15.5 Å². The Hall–Kier alpha value is -2.03. The number of hydrogen-bond donors (Lipinski definition) is 3. The second-order valence-electron chi connectivity index (χ2n) is 9.29. The first-order valence-corrected chi connectivity index (χ1v) is 11.8. The molecule has 1 heterocycles. The van der Waals surface area contributed by atoms with Gasteiger partial charge in [-0.3, -0.25) is 9.59 Å². The number of ether oxygens (including phenoxy) is 1. The standard InChI is InChI=1S/C23H33Cl2N3O5/c1-23(2,3)33-22(32)28(4)18(12-14-8-9-15(24)16(25)11-14)19(29)13-20(30)27-17-7-5-6-10-26-21(17)31/h8-9,11,17-19,29H,5-7,10,12-13H2,1-4H3,(H,26,31)(H,27,30)/t17-,18-,19+/m1/s1. The van der Waals surface area contributed by atoms with Crippen LogP contribution in [-0.2, 0) is 20.7 Å². The summed E-state index contributed by atoms with van der Waals surface area (Å²) in [5.74, 6) is -0.699. The maximum atomic E-state index is 12.7. The third-order valence-corrected chi connectivity index (χ3v) is 6.06. The Labute approximate surface area is 204 Å². The Morgan fingerprint density at radius 2 is 1.97 bits per heavy atom. The number of benzene rings is 1. The van der Waals surface area contributed by atoms with Crippen molar-refractivity contribution in [2.75, 3.05) is 13.6 Å². The summed E-state index contributed by atoms with van der Waals surface area (Å²) in [6.07, 6.45) is 0.285. The van der Waals surface area contributed by atoms with Crippen LogP contribution in [0.25, 0.3) is 0 Å². The molecule has 8 nitrogen and oxygen atoms in total. The van der Waals surface area contributed by atoms with Crippen LogP contribution in [0, 0.1) is 0 Å². The number of halogens is 2. The van der Waals surface area contributed by atoms with E-state index in [4.69, 9.17) is 27.9 Å². The first kappa shape index (κ1) is 27.2. The number of aliphatic hydroxyl groups is 1. The Bertz CT molecular complexity index is 859. The van der Waals surface area contributed by atoms with Gasteiger partial charge in [0.25, 0.3) is 0 Å². The molecule has 2 rings (SSSR count). The Kier molecular flexibility index (Phi) is 9.82. The fourth-order valence-corrected chi connectivity index (χ4v) is 3.89. The minimum absolute atomic E-state index is 0.213. The van der Waals surface area contributed by atoms with E-state index in [1.807, 2.05) is 0 Å². The van der Waals surface area contributed by atoms with E-state index in [9.17, 15) is 19.5 Å². The van der Waals surface area contributed by atoms with Gasteiger partial charge >= 0.3 is 6.09 Å². The average molecular weight is 502 g/mol. The summed E-state index contributed by atoms with van der Waals surface area (Å²) in [7, 11) is 1.51. The molecule has 1 aliphatic heterocycles. The normalized spacial score (nSPS) is 18.5. The quantitative estimate of drug-likeness (QED) is 0.531. The second kappa shape index (κ2) is 11.9. The lowest BCUT2D eigenvalue weighted by Gasteiger charge is -2.33. The van der Waals surface area contributed by atoms with E-state index in [1.165, 1.54) is 11.9 Å². The van der Waals surface area contributed by atoms with E-state index in [1.54, 1.807) is 39.0 Å². The highest BCUT2D eigenvalue weighted by atomic mass is 35.5. The number of likely N-dealkylation sites (N-methyl/N-ethyl adjacent to an activating group) is 1. The molecule has 1 aliphatic rings. The third kappa shape index (κ3) is 8.68. The smallest absolute Gasteiger partial charge is 0.410 e. The lowest BCUT2D eigenvalue weighted by atomic mass is 9.97. The van der Waals surface area contributed by atoms with E-state index in [-0.39, 0.29) is 18.7 Å². The first-order valence-electron chi connectivity index (χ1n) is 11.0. The van der Waals surface area contributed by atoms with Crippen molar-refractivity contribution >= 4 is 41.1 Å². The fourth-order valence-electron chi connectivity index (χ4n) is 3.56. The summed E-state index contributed by atoms with van der Waals surface area (Å²) in [4.78, 5) is 38.7. The Balaban J connectivity index is 2.15. The van der Waals surface area contributed by atoms with E-state index in [0.29, 0.717) is 23.0 Å². The number of aliphatic hydroxyl groups excluding tert-OH is 1. The molecule has 33 heavy (non-hydrogen) atoms. The van der Waals surface area contributed by atoms with Gasteiger partial charge in [0.1, 0.15) is 11.6 Å². The van der Waals surface area contributed by atoms with Crippen molar-refractivity contribution < 1.29 is 24.2 Å². The van der Waals surface area contributed by atoms with Crippen molar-refractivity contribution in [2.45, 2.75) is 76.7 Å². The molecule has 184 valence electrons. The van der Waals surface area contributed by atoms with Crippen LogP contribution >= 0.6 is 23.2 Å². The molecule has 3 amide bonds. The summed E-state index contributed by atoms with van der Waals surface area (Å²) in [5.41, 5.74) is 0.00156. The molecule has 3 atom stereocenters. The van der Waals surface area contributed by atoms with Crippen LogP contribution < -0.4 is 10.6 Å². The number of amides is 3. The van der Waals surface area contributed by atoms with Gasteiger partial charge in [0.2, 0.25) is 11.8 Å². The number of hydrogen-bond acceptors (Lipinski definition) is 5. The molecule has 0 spiro atoms. The van der Waals surface area contributed by atoms with Gasteiger partial charge in [-0.25, -0.2) is 4.79 Å². The average Bonchev–Trinajstić information content (AvgIpc) is 2.91. The highest BCUT2D eigenvalue weighted by molar-refractivity contribution is 6.42. The zero-order valence-electron chi connectivity index (χ0n) is 19.5. The number of carbonyl (C=O) groups is 3. The van der Waals surface area contributed by atoms with E-state index >= 15 is 0 Å². The predicted molar refractivity (Wildman–Crippen MR) is 127 cm³/mol. The highest BCUT2D eigenvalue weighted by Crippen LogP contribution is 2.25. The molecule has 0 bridgehead atoms. The molecular formula is C23H33Cl2N3O5. The lowest BCUT2D eigenvalue weighted by Crippen LogP contribution is -2.51. The molecule has 3 N–H and O–H groups in total. The Morgan fingerprint density at radius 3 is 2.61 bits per heavy atom. The largest absolute Gasteiger partial charge is 0.444 e. The molecule has 0 aliphatic carbocycles. The van der Waals surface area contributed by atoms with E-state index in [0.717, 1.165) is 18.4 Å². The molecule has 1 aromatic rings. The number of nitrogens with zero attached hydrogens (tertiary/aromatic N) is 1. The zero-order chi connectivity index (χ0) is 24.8. The van der Waals surface area contributed by atoms with Gasteiger partial charge in [-0.1, -0.05) is 29.3 Å². The van der Waals surface area contributed by atoms with Crippen molar-refractivity contribution in [2.24, 2.45) is 0 Å². The van der Waals surface area contributed by atoms with Gasteiger partial charge in [0.15, 0.2) is 0 Å². The Morgan fingerprint density at radius 1 is 1.27 bits per heavy atom. The maximum absolute atomic E-state index is 12.7. The van der Waals surface area contributed by atoms with Crippen LogP contribution in [-0.4, -0.2) is 65.3 Å². The summed E-state index contributed by atoms with van der Waals surface area (Å²) in [6.45, 7) is 5.82. The van der Waals surface area contributed by atoms with Gasteiger partial charge < -0.3 is 25.4 Å². The summed E-state index contributed by atoms with van der Waals surface area (Å²) < 4.78 is 5.44. The van der Waals surface area contributed by atoms with Crippen LogP contribution in [0.5, 0.6) is 0 Å². The second-order valence-corrected chi connectivity index (χ2v) is 10.1. The molecule has 0 aromatic heterocycles. The molecule has 1 saturated heterocycles. The fraction of sp³-hybridized carbons (Fsp3) is 0.609. The summed E-state index contributed by atoms with van der Waals surface area (Å²) in [6, 6.07) is 3.61. The maximum Gasteiger partial charge on any atom is 0.410 e. The molecule has 0 saturated carbocycles. The van der Waals surface area contributed by atoms with E-state index < -0.39 is 35.8 Å². The number of carbonyl (C=O) groups excluding carboxylic acids is 3. The van der Waals surface area contributed by atoms with Crippen LogP contribution in [0.2, 0.25) is 10.0 Å². The molecule has 1 aromatic carbocycles. The van der Waals surface area contributed by atoms with Gasteiger partial charge in [0.05, 0.1) is 28.6 Å². The third-order valence-electron chi connectivity index (χ3n) is 5.32. The summed E-state index contributed by atoms with van der Waals surface area (Å²) in [5, 5.41) is 17.2. The highest BCUT2D eigenvalue weighted by Gasteiger charge is 2.33. The number of rotatable bonds is 7. The monoisotopic (exact) mass is 501 g/mol. The summed E-state index contributed by atoms with van der Waals surface area (Å²) >= 11 is 12.1. The van der Waals surface area contributed by atoms with Crippen LogP contribution in [0.4, 0.5) is 4.79 Å². The molecule has 0 unspecified atom stereocenters. The van der Waals surface area contributed by atoms with Crippen LogP contribution in [0.1, 0.15) is 52.0 Å². The van der Waals surface area contributed by atoms with Crippen molar-refractivity contribution in [3.63, 3.8) is 0 Å². The molecule has 10 heteroatoms. The van der Waals surface area contributed by atoms with Crippen LogP contribution in [0.3, 0.4) is 0 Å². The minimum atomic E-state index is -1.22. The number of nitrogens with one attached hydrogen (secondary N) is 2. The van der Waals surface area contributed by atoms with Crippen molar-refractivity contribution in [3.8, 4) is 0 Å². The topological polar surface area (TPSA) is 108 Å². The van der Waals surface area contributed by atoms with Crippen molar-refractivity contribution in [3.05, 3.63) is 33.8 Å². The van der Waals surface area contributed by atoms with Gasteiger partial charge in [-0.05, 0) is 64.2 Å². The van der Waals surface area contributed by atoms with Gasteiger partial charge in [0, 0.05) is 13.6 Å². The van der Waals surface area contributed by atoms with Gasteiger partial charge in [-0.15, -0.1) is 0 Å². The van der Waals surface area contributed by atoms with Crippen LogP contribution in [0.15, 0.2) is 18.2 Å². The van der Waals surface area contributed by atoms with E-state index in [2.05, 4.69) is 10.6 Å². The molecule has 0 radical (unpaired) electrons. The molecular weight excluding hydrogens is 469 g/mol. The minimum Gasteiger partial charge on any atom is -0.444 e. The molecule has 1 fully saturated rings. The lowest BCUT2D eigenvalue weighted by molar-refractivity contribution is -0.130.